The van der Waals surface area contributed by atoms with Crippen molar-refractivity contribution >= 4 is 17.7 Å². The summed E-state index contributed by atoms with van der Waals surface area (Å²) >= 11 is 1.62. The zero-order valence-electron chi connectivity index (χ0n) is 10.9. The highest BCUT2D eigenvalue weighted by Crippen LogP contribution is 2.29. The standard InChI is InChI=1S/C15H19FO2S/c16-14-7-6-12(10-13(14)15(17)18)19-9-8-11-4-2-1-3-5-11/h6-7,10-11H,1-5,8-9H2,(H,17,18). The number of carbonyl (C=O) groups is 1. The van der Waals surface area contributed by atoms with Crippen molar-refractivity contribution in [3.8, 4) is 0 Å². The van der Waals surface area contributed by atoms with Gasteiger partial charge in [-0.3, -0.25) is 0 Å². The van der Waals surface area contributed by atoms with Crippen molar-refractivity contribution in [2.45, 2.75) is 43.4 Å². The molecule has 0 saturated heterocycles. The lowest BCUT2D eigenvalue weighted by Crippen LogP contribution is -2.07. The van der Waals surface area contributed by atoms with Gasteiger partial charge in [-0.25, -0.2) is 9.18 Å². The van der Waals surface area contributed by atoms with Crippen LogP contribution in [0.4, 0.5) is 4.39 Å². The molecular formula is C15H19FO2S. The molecule has 2 rings (SSSR count). The van der Waals surface area contributed by atoms with Crippen molar-refractivity contribution in [3.05, 3.63) is 29.6 Å². The molecule has 1 fully saturated rings. The van der Waals surface area contributed by atoms with E-state index in [0.717, 1.165) is 16.6 Å². The number of rotatable bonds is 5. The molecule has 0 aliphatic heterocycles. The Balaban J connectivity index is 1.85. The molecule has 0 spiro atoms. The van der Waals surface area contributed by atoms with Crippen molar-refractivity contribution < 1.29 is 14.3 Å². The Bertz CT molecular complexity index is 442. The monoisotopic (exact) mass is 282 g/mol. The van der Waals surface area contributed by atoms with Crippen molar-refractivity contribution in [3.63, 3.8) is 0 Å². The number of carboxylic acid groups (broad SMARTS) is 1. The Kier molecular flexibility index (Phi) is 5.25. The first-order chi connectivity index (χ1) is 9.16. The second-order valence-electron chi connectivity index (χ2n) is 5.09. The predicted molar refractivity (Wildman–Crippen MR) is 75.3 cm³/mol. The highest BCUT2D eigenvalue weighted by atomic mass is 32.2. The molecule has 1 aromatic carbocycles. The summed E-state index contributed by atoms with van der Waals surface area (Å²) in [4.78, 5) is 11.7. The van der Waals surface area contributed by atoms with Crippen LogP contribution in [0.25, 0.3) is 0 Å². The molecule has 0 amide bonds. The van der Waals surface area contributed by atoms with Crippen molar-refractivity contribution in [2.24, 2.45) is 5.92 Å². The van der Waals surface area contributed by atoms with Crippen LogP contribution in [-0.4, -0.2) is 16.8 Å². The molecule has 1 aromatic rings. The van der Waals surface area contributed by atoms with Gasteiger partial charge in [-0.05, 0) is 36.3 Å². The topological polar surface area (TPSA) is 37.3 Å². The van der Waals surface area contributed by atoms with Crippen LogP contribution >= 0.6 is 11.8 Å². The molecule has 1 aliphatic rings. The average molecular weight is 282 g/mol. The van der Waals surface area contributed by atoms with E-state index in [4.69, 9.17) is 5.11 Å². The van der Waals surface area contributed by atoms with Gasteiger partial charge in [-0.15, -0.1) is 11.8 Å². The van der Waals surface area contributed by atoms with Gasteiger partial charge in [-0.2, -0.15) is 0 Å². The molecule has 104 valence electrons. The number of benzene rings is 1. The fourth-order valence-corrected chi connectivity index (χ4v) is 3.63. The van der Waals surface area contributed by atoms with E-state index >= 15 is 0 Å². The molecule has 0 unspecified atom stereocenters. The summed E-state index contributed by atoms with van der Waals surface area (Å²) in [6, 6.07) is 4.34. The molecule has 0 radical (unpaired) electrons. The highest BCUT2D eigenvalue weighted by Gasteiger charge is 2.14. The first-order valence-corrected chi connectivity index (χ1v) is 7.81. The zero-order chi connectivity index (χ0) is 13.7. The second kappa shape index (κ2) is 6.94. The smallest absolute Gasteiger partial charge is 0.338 e. The van der Waals surface area contributed by atoms with Crippen molar-refractivity contribution in [2.75, 3.05) is 5.75 Å². The van der Waals surface area contributed by atoms with Crippen LogP contribution in [-0.2, 0) is 0 Å². The normalized spacial score (nSPS) is 16.5. The van der Waals surface area contributed by atoms with Crippen LogP contribution in [0.3, 0.4) is 0 Å². The molecule has 0 aromatic heterocycles. The van der Waals surface area contributed by atoms with Gasteiger partial charge >= 0.3 is 5.97 Å². The Labute approximate surface area is 117 Å². The first-order valence-electron chi connectivity index (χ1n) is 6.82. The van der Waals surface area contributed by atoms with Gasteiger partial charge in [0, 0.05) is 4.90 Å². The lowest BCUT2D eigenvalue weighted by atomic mass is 9.88. The number of aromatic carboxylic acids is 1. The molecule has 0 bridgehead atoms. The Hall–Kier alpha value is -1.03. The molecule has 1 aliphatic carbocycles. The van der Waals surface area contributed by atoms with E-state index in [1.807, 2.05) is 0 Å². The minimum atomic E-state index is -1.20. The number of hydrogen-bond acceptors (Lipinski definition) is 2. The number of halogens is 1. The molecule has 4 heteroatoms. The highest BCUT2D eigenvalue weighted by molar-refractivity contribution is 7.99. The van der Waals surface area contributed by atoms with Crippen LogP contribution in [0.1, 0.15) is 48.9 Å². The fourth-order valence-electron chi connectivity index (χ4n) is 2.58. The van der Waals surface area contributed by atoms with Crippen LogP contribution in [0, 0.1) is 11.7 Å². The maximum Gasteiger partial charge on any atom is 0.338 e. The second-order valence-corrected chi connectivity index (χ2v) is 6.26. The Morgan fingerprint density at radius 3 is 2.74 bits per heavy atom. The van der Waals surface area contributed by atoms with Crippen LogP contribution in [0.5, 0.6) is 0 Å². The molecule has 1 saturated carbocycles. The molecule has 2 nitrogen and oxygen atoms in total. The van der Waals surface area contributed by atoms with Gasteiger partial charge in [0.1, 0.15) is 5.82 Å². The minimum absolute atomic E-state index is 0.234. The summed E-state index contributed by atoms with van der Waals surface area (Å²) in [5, 5.41) is 8.87. The minimum Gasteiger partial charge on any atom is -0.478 e. The third kappa shape index (κ3) is 4.23. The maximum absolute atomic E-state index is 13.2. The molecular weight excluding hydrogens is 263 g/mol. The van der Waals surface area contributed by atoms with Crippen molar-refractivity contribution in [1.29, 1.82) is 0 Å². The summed E-state index contributed by atoms with van der Waals surface area (Å²) in [7, 11) is 0. The number of hydrogen-bond donors (Lipinski definition) is 1. The van der Waals surface area contributed by atoms with Gasteiger partial charge in [0.05, 0.1) is 5.56 Å². The summed E-state index contributed by atoms with van der Waals surface area (Å²) < 4.78 is 13.2. The summed E-state index contributed by atoms with van der Waals surface area (Å²) in [5.41, 5.74) is -0.234. The summed E-state index contributed by atoms with van der Waals surface area (Å²) in [6.07, 6.45) is 7.87. The average Bonchev–Trinajstić information content (AvgIpc) is 2.41. The molecule has 0 atom stereocenters. The fraction of sp³-hybridized carbons (Fsp3) is 0.533. The number of thioether (sulfide) groups is 1. The van der Waals surface area contributed by atoms with Crippen LogP contribution in [0.2, 0.25) is 0 Å². The van der Waals surface area contributed by atoms with E-state index in [1.54, 1.807) is 17.8 Å². The van der Waals surface area contributed by atoms with E-state index in [-0.39, 0.29) is 5.56 Å². The van der Waals surface area contributed by atoms with Gasteiger partial charge < -0.3 is 5.11 Å². The molecule has 19 heavy (non-hydrogen) atoms. The van der Waals surface area contributed by atoms with Gasteiger partial charge in [-0.1, -0.05) is 32.1 Å². The lowest BCUT2D eigenvalue weighted by Gasteiger charge is -2.21. The van der Waals surface area contributed by atoms with E-state index in [9.17, 15) is 9.18 Å². The van der Waals surface area contributed by atoms with E-state index in [2.05, 4.69) is 0 Å². The Morgan fingerprint density at radius 2 is 2.05 bits per heavy atom. The van der Waals surface area contributed by atoms with Crippen molar-refractivity contribution in [1.82, 2.24) is 0 Å². The predicted octanol–water partition coefficient (Wildman–Crippen LogP) is 4.59. The maximum atomic E-state index is 13.2. The quantitative estimate of drug-likeness (QED) is 0.803. The third-order valence-electron chi connectivity index (χ3n) is 3.69. The lowest BCUT2D eigenvalue weighted by molar-refractivity contribution is 0.0691. The number of carboxylic acids is 1. The third-order valence-corrected chi connectivity index (χ3v) is 4.71. The summed E-state index contributed by atoms with van der Waals surface area (Å²) in [6.45, 7) is 0. The van der Waals surface area contributed by atoms with Crippen LogP contribution in [0.15, 0.2) is 23.1 Å². The molecule has 0 heterocycles. The van der Waals surface area contributed by atoms with Gasteiger partial charge in [0.15, 0.2) is 0 Å². The van der Waals surface area contributed by atoms with Gasteiger partial charge in [0.2, 0.25) is 0 Å². The van der Waals surface area contributed by atoms with Gasteiger partial charge in [0.25, 0.3) is 0 Å². The SMILES string of the molecule is O=C(O)c1cc(SCCC2CCCCC2)ccc1F. The largest absolute Gasteiger partial charge is 0.478 e. The first kappa shape index (κ1) is 14.4. The van der Waals surface area contributed by atoms with E-state index in [0.29, 0.717) is 0 Å². The van der Waals surface area contributed by atoms with E-state index < -0.39 is 11.8 Å². The zero-order valence-corrected chi connectivity index (χ0v) is 11.7. The Morgan fingerprint density at radius 1 is 1.32 bits per heavy atom. The summed E-state index contributed by atoms with van der Waals surface area (Å²) in [5.74, 6) is -0.0629. The van der Waals surface area contributed by atoms with E-state index in [1.165, 1.54) is 50.7 Å². The molecule has 1 N–H and O–H groups in total. The van der Waals surface area contributed by atoms with Crippen LogP contribution < -0.4 is 0 Å².